The number of nitrogens with zero attached hydrogens (tertiary/aromatic N) is 2. The summed E-state index contributed by atoms with van der Waals surface area (Å²) in [7, 11) is 0. The summed E-state index contributed by atoms with van der Waals surface area (Å²) in [6, 6.07) is 9.10. The predicted molar refractivity (Wildman–Crippen MR) is 71.5 cm³/mol. The maximum Gasteiger partial charge on any atom is 0.0485 e. The van der Waals surface area contributed by atoms with E-state index < -0.39 is 0 Å². The van der Waals surface area contributed by atoms with Gasteiger partial charge in [-0.3, -0.25) is 4.98 Å². The molecule has 3 heterocycles. The fourth-order valence-electron chi connectivity index (χ4n) is 2.63. The molecule has 18 heavy (non-hydrogen) atoms. The average molecular weight is 242 g/mol. The summed E-state index contributed by atoms with van der Waals surface area (Å²) in [5.41, 5.74) is 3.60. The highest BCUT2D eigenvalue weighted by Crippen LogP contribution is 2.28. The molecule has 0 spiro atoms. The van der Waals surface area contributed by atoms with Crippen molar-refractivity contribution in [1.29, 1.82) is 0 Å². The summed E-state index contributed by atoms with van der Waals surface area (Å²) in [6.07, 6.45) is 6.27. The highest BCUT2D eigenvalue weighted by Gasteiger charge is 2.17. The normalized spacial score (nSPS) is 16.9. The van der Waals surface area contributed by atoms with Gasteiger partial charge >= 0.3 is 0 Å². The average Bonchev–Trinajstić information content (AvgIpc) is 2.89. The highest BCUT2D eigenvalue weighted by atomic mass is 16.5. The Morgan fingerprint density at radius 2 is 2.11 bits per heavy atom. The van der Waals surface area contributed by atoms with Crippen LogP contribution in [0.15, 0.2) is 36.7 Å². The second-order valence-electron chi connectivity index (χ2n) is 4.83. The first-order valence-electron chi connectivity index (χ1n) is 6.52. The van der Waals surface area contributed by atoms with E-state index >= 15 is 0 Å². The number of aryl methyl sites for hydroxylation is 1. The summed E-state index contributed by atoms with van der Waals surface area (Å²) in [5, 5.41) is 0. The first kappa shape index (κ1) is 11.5. The Balaban J connectivity index is 1.95. The van der Waals surface area contributed by atoms with Gasteiger partial charge in [-0.05, 0) is 44.0 Å². The molecular weight excluding hydrogens is 224 g/mol. The topological polar surface area (TPSA) is 27.1 Å². The van der Waals surface area contributed by atoms with E-state index in [0.717, 1.165) is 31.7 Å². The first-order chi connectivity index (χ1) is 8.84. The third kappa shape index (κ3) is 2.18. The van der Waals surface area contributed by atoms with E-state index in [0.29, 0.717) is 6.04 Å². The molecule has 3 nitrogen and oxygen atoms in total. The number of hydrogen-bond acceptors (Lipinski definition) is 2. The molecule has 0 amide bonds. The van der Waals surface area contributed by atoms with Gasteiger partial charge in [0.25, 0.3) is 0 Å². The van der Waals surface area contributed by atoms with Gasteiger partial charge in [0.1, 0.15) is 0 Å². The molecule has 94 valence electrons. The van der Waals surface area contributed by atoms with E-state index in [9.17, 15) is 0 Å². The van der Waals surface area contributed by atoms with Gasteiger partial charge in [0.15, 0.2) is 0 Å². The van der Waals surface area contributed by atoms with Crippen LogP contribution in [0.4, 0.5) is 0 Å². The smallest absolute Gasteiger partial charge is 0.0485 e. The Morgan fingerprint density at radius 3 is 2.89 bits per heavy atom. The third-order valence-electron chi connectivity index (χ3n) is 3.56. The molecule has 0 atom stereocenters. The van der Waals surface area contributed by atoms with Crippen LogP contribution in [-0.4, -0.2) is 22.8 Å². The van der Waals surface area contributed by atoms with Crippen molar-refractivity contribution in [2.24, 2.45) is 0 Å². The van der Waals surface area contributed by atoms with Crippen molar-refractivity contribution in [3.8, 4) is 11.3 Å². The van der Waals surface area contributed by atoms with Crippen molar-refractivity contribution in [3.63, 3.8) is 0 Å². The van der Waals surface area contributed by atoms with Gasteiger partial charge in [-0.15, -0.1) is 0 Å². The molecule has 0 aromatic carbocycles. The lowest BCUT2D eigenvalue weighted by atomic mass is 10.1. The summed E-state index contributed by atoms with van der Waals surface area (Å²) in [5.74, 6) is 0. The number of ether oxygens (including phenoxy) is 1. The van der Waals surface area contributed by atoms with E-state index in [4.69, 9.17) is 4.74 Å². The fourth-order valence-corrected chi connectivity index (χ4v) is 2.63. The minimum absolute atomic E-state index is 0.567. The van der Waals surface area contributed by atoms with E-state index in [-0.39, 0.29) is 0 Å². The SMILES string of the molecule is Cc1cc(-c2cccn2C2CCOCC2)ccn1. The number of hydrogen-bond donors (Lipinski definition) is 0. The van der Waals surface area contributed by atoms with Crippen LogP contribution in [0.1, 0.15) is 24.6 Å². The van der Waals surface area contributed by atoms with Gasteiger partial charge in [0, 0.05) is 48.6 Å². The Hall–Kier alpha value is -1.61. The van der Waals surface area contributed by atoms with Gasteiger partial charge in [0.05, 0.1) is 0 Å². The third-order valence-corrected chi connectivity index (χ3v) is 3.56. The fraction of sp³-hybridized carbons (Fsp3) is 0.400. The lowest BCUT2D eigenvalue weighted by Gasteiger charge is -2.25. The molecule has 0 unspecified atom stereocenters. The molecule has 3 rings (SSSR count). The van der Waals surface area contributed by atoms with Gasteiger partial charge in [-0.2, -0.15) is 0 Å². The van der Waals surface area contributed by atoms with Crippen molar-refractivity contribution < 1.29 is 4.74 Å². The van der Waals surface area contributed by atoms with Crippen LogP contribution in [0.25, 0.3) is 11.3 Å². The molecule has 1 fully saturated rings. The van der Waals surface area contributed by atoms with Crippen molar-refractivity contribution in [2.75, 3.05) is 13.2 Å². The minimum Gasteiger partial charge on any atom is -0.381 e. The highest BCUT2D eigenvalue weighted by molar-refractivity contribution is 5.60. The molecule has 0 N–H and O–H groups in total. The summed E-state index contributed by atoms with van der Waals surface area (Å²) in [4.78, 5) is 4.26. The maximum atomic E-state index is 5.44. The predicted octanol–water partition coefficient (Wildman–Crippen LogP) is 3.21. The van der Waals surface area contributed by atoms with Crippen molar-refractivity contribution in [2.45, 2.75) is 25.8 Å². The Kier molecular flexibility index (Phi) is 3.15. The van der Waals surface area contributed by atoms with E-state index in [1.807, 2.05) is 13.1 Å². The van der Waals surface area contributed by atoms with Crippen LogP contribution >= 0.6 is 0 Å². The van der Waals surface area contributed by atoms with Crippen LogP contribution in [0.5, 0.6) is 0 Å². The van der Waals surface area contributed by atoms with Crippen molar-refractivity contribution in [1.82, 2.24) is 9.55 Å². The van der Waals surface area contributed by atoms with Crippen LogP contribution in [0.3, 0.4) is 0 Å². The largest absolute Gasteiger partial charge is 0.381 e. The minimum atomic E-state index is 0.567. The van der Waals surface area contributed by atoms with Gasteiger partial charge < -0.3 is 9.30 Å². The van der Waals surface area contributed by atoms with Crippen LogP contribution in [-0.2, 0) is 4.74 Å². The van der Waals surface area contributed by atoms with Crippen molar-refractivity contribution in [3.05, 3.63) is 42.4 Å². The Morgan fingerprint density at radius 1 is 1.28 bits per heavy atom. The zero-order valence-corrected chi connectivity index (χ0v) is 10.7. The maximum absolute atomic E-state index is 5.44. The molecular formula is C15H18N2O. The lowest BCUT2D eigenvalue weighted by molar-refractivity contribution is 0.0701. The monoisotopic (exact) mass is 242 g/mol. The van der Waals surface area contributed by atoms with Crippen LogP contribution in [0, 0.1) is 6.92 Å². The standard InChI is InChI=1S/C15H18N2O/c1-12-11-13(4-7-16-12)15-3-2-8-17(15)14-5-9-18-10-6-14/h2-4,7-8,11,14H,5-6,9-10H2,1H3. The van der Waals surface area contributed by atoms with Crippen LogP contribution in [0.2, 0.25) is 0 Å². The molecule has 0 radical (unpaired) electrons. The molecule has 0 bridgehead atoms. The van der Waals surface area contributed by atoms with Gasteiger partial charge in [0.2, 0.25) is 0 Å². The molecule has 1 aliphatic heterocycles. The zero-order chi connectivity index (χ0) is 12.4. The second-order valence-corrected chi connectivity index (χ2v) is 4.83. The quantitative estimate of drug-likeness (QED) is 0.808. The Labute approximate surface area is 107 Å². The second kappa shape index (κ2) is 4.94. The number of pyridine rings is 1. The van der Waals surface area contributed by atoms with Crippen molar-refractivity contribution >= 4 is 0 Å². The molecule has 3 heteroatoms. The number of rotatable bonds is 2. The van der Waals surface area contributed by atoms with E-state index in [1.54, 1.807) is 0 Å². The summed E-state index contributed by atoms with van der Waals surface area (Å²) in [6.45, 7) is 3.78. The molecule has 1 aliphatic rings. The number of aromatic nitrogens is 2. The molecule has 0 aliphatic carbocycles. The molecule has 1 saturated heterocycles. The van der Waals surface area contributed by atoms with E-state index in [2.05, 4.69) is 40.0 Å². The summed E-state index contributed by atoms with van der Waals surface area (Å²) < 4.78 is 7.83. The first-order valence-corrected chi connectivity index (χ1v) is 6.52. The molecule has 0 saturated carbocycles. The molecule has 2 aromatic heterocycles. The Bertz CT molecular complexity index is 527. The molecule has 2 aromatic rings. The zero-order valence-electron chi connectivity index (χ0n) is 10.7. The lowest BCUT2D eigenvalue weighted by Crippen LogP contribution is -2.19. The van der Waals surface area contributed by atoms with E-state index in [1.165, 1.54) is 11.3 Å². The van der Waals surface area contributed by atoms with Gasteiger partial charge in [-0.25, -0.2) is 0 Å². The van der Waals surface area contributed by atoms with Gasteiger partial charge in [-0.1, -0.05) is 0 Å². The van der Waals surface area contributed by atoms with Crippen LogP contribution < -0.4 is 0 Å². The summed E-state index contributed by atoms with van der Waals surface area (Å²) >= 11 is 0.